The molecule has 3 nitrogen and oxygen atoms in total. The van der Waals surface area contributed by atoms with Crippen LogP contribution >= 0.6 is 0 Å². The van der Waals surface area contributed by atoms with E-state index in [0.29, 0.717) is 0 Å². The lowest BCUT2D eigenvalue weighted by atomic mass is 10.1. The van der Waals surface area contributed by atoms with E-state index in [2.05, 4.69) is 12.2 Å². The van der Waals surface area contributed by atoms with Crippen LogP contribution in [0.25, 0.3) is 0 Å². The first-order valence-electron chi connectivity index (χ1n) is 8.49. The number of hydrogen-bond acceptors (Lipinski definition) is 3. The van der Waals surface area contributed by atoms with Crippen molar-refractivity contribution in [2.24, 2.45) is 11.5 Å². The highest BCUT2D eigenvalue weighted by molar-refractivity contribution is 4.54. The molecule has 19 heavy (non-hydrogen) atoms. The molecule has 0 aromatic carbocycles. The first kappa shape index (κ1) is 18.9. The van der Waals surface area contributed by atoms with Crippen molar-refractivity contribution >= 4 is 0 Å². The molecule has 0 aliphatic heterocycles. The molecule has 0 aromatic heterocycles. The molecule has 0 fully saturated rings. The van der Waals surface area contributed by atoms with Crippen LogP contribution in [0.4, 0.5) is 0 Å². The second-order valence-electron chi connectivity index (χ2n) is 5.74. The third-order valence-corrected chi connectivity index (χ3v) is 3.60. The second kappa shape index (κ2) is 15.9. The summed E-state index contributed by atoms with van der Waals surface area (Å²) in [6.07, 6.45) is 15.6. The van der Waals surface area contributed by atoms with Crippen LogP contribution in [0.3, 0.4) is 0 Å². The smallest absolute Gasteiger partial charge is 0.0520 e. The van der Waals surface area contributed by atoms with Crippen molar-refractivity contribution in [1.29, 1.82) is 0 Å². The maximum Gasteiger partial charge on any atom is 0.0520 e. The van der Waals surface area contributed by atoms with Gasteiger partial charge in [0.1, 0.15) is 0 Å². The fourth-order valence-corrected chi connectivity index (χ4v) is 2.32. The lowest BCUT2D eigenvalue weighted by molar-refractivity contribution is 0.526. The first-order valence-corrected chi connectivity index (χ1v) is 8.49. The number of unbranched alkanes of at least 4 members (excludes halogenated alkanes) is 9. The molecular weight excluding hydrogens is 234 g/mol. The summed E-state index contributed by atoms with van der Waals surface area (Å²) in [6, 6.07) is 0. The Morgan fingerprint density at radius 2 is 1.16 bits per heavy atom. The van der Waals surface area contributed by atoms with Gasteiger partial charge in [0.25, 0.3) is 0 Å². The molecule has 5 N–H and O–H groups in total. The lowest BCUT2D eigenvalue weighted by Gasteiger charge is -2.06. The van der Waals surface area contributed by atoms with Gasteiger partial charge < -0.3 is 16.8 Å². The van der Waals surface area contributed by atoms with Crippen LogP contribution < -0.4 is 16.8 Å². The van der Waals surface area contributed by atoms with E-state index in [1.165, 1.54) is 83.7 Å². The highest BCUT2D eigenvalue weighted by Crippen LogP contribution is 2.06. The number of nitrogens with one attached hydrogen (secondary N) is 1. The molecule has 0 aromatic rings. The van der Waals surface area contributed by atoms with E-state index in [0.717, 1.165) is 6.42 Å². The Hall–Kier alpha value is -0.120. The van der Waals surface area contributed by atoms with E-state index in [9.17, 15) is 0 Å². The second-order valence-corrected chi connectivity index (χ2v) is 5.74. The fourth-order valence-electron chi connectivity index (χ4n) is 2.32. The Balaban J connectivity index is 2.91. The minimum absolute atomic E-state index is 0.112. The maximum atomic E-state index is 5.51. The average molecular weight is 271 g/mol. The summed E-state index contributed by atoms with van der Waals surface area (Å²) in [4.78, 5) is 0. The fraction of sp³-hybridized carbons (Fsp3) is 1.00. The van der Waals surface area contributed by atoms with Crippen molar-refractivity contribution in [1.82, 2.24) is 5.32 Å². The van der Waals surface area contributed by atoms with Crippen molar-refractivity contribution in [3.63, 3.8) is 0 Å². The molecule has 0 atom stereocenters. The molecular formula is C16H37N3. The van der Waals surface area contributed by atoms with Gasteiger partial charge >= 0.3 is 0 Å². The molecule has 0 bridgehead atoms. The molecule has 0 aliphatic carbocycles. The van der Waals surface area contributed by atoms with Gasteiger partial charge in [-0.25, -0.2) is 0 Å². The zero-order valence-electron chi connectivity index (χ0n) is 13.1. The van der Waals surface area contributed by atoms with Crippen LogP contribution in [0.5, 0.6) is 0 Å². The molecule has 0 saturated heterocycles. The predicted molar refractivity (Wildman–Crippen MR) is 86.1 cm³/mol. The first-order chi connectivity index (χ1) is 9.27. The monoisotopic (exact) mass is 271 g/mol. The van der Waals surface area contributed by atoms with Crippen LogP contribution in [-0.4, -0.2) is 19.3 Å². The molecule has 3 heteroatoms. The molecule has 0 radical (unpaired) electrons. The zero-order chi connectivity index (χ0) is 14.2. The normalized spacial score (nSPS) is 11.4. The topological polar surface area (TPSA) is 64.1 Å². The van der Waals surface area contributed by atoms with Gasteiger partial charge in [-0.1, -0.05) is 64.7 Å². The standard InChI is InChI=1S/C16H37N3/c1-2-3-4-5-8-11-14-19-15-12-9-6-7-10-13-16(17)18/h16,19H,2-15,17-18H2,1H3. The Morgan fingerprint density at radius 1 is 0.684 bits per heavy atom. The van der Waals surface area contributed by atoms with Crippen LogP contribution in [0.1, 0.15) is 84.0 Å². The molecule has 0 amide bonds. The van der Waals surface area contributed by atoms with Gasteiger partial charge in [-0.2, -0.15) is 0 Å². The molecule has 0 unspecified atom stereocenters. The van der Waals surface area contributed by atoms with Gasteiger partial charge in [0.05, 0.1) is 6.17 Å². The van der Waals surface area contributed by atoms with E-state index in [-0.39, 0.29) is 6.17 Å². The zero-order valence-corrected chi connectivity index (χ0v) is 13.1. The SMILES string of the molecule is CCCCCCCCNCCCCCCCC(N)N. The molecule has 0 spiro atoms. The Labute approximate surface area is 120 Å². The summed E-state index contributed by atoms with van der Waals surface area (Å²) < 4.78 is 0. The van der Waals surface area contributed by atoms with Crippen LogP contribution in [0.2, 0.25) is 0 Å². The van der Waals surface area contributed by atoms with Crippen molar-refractivity contribution in [2.75, 3.05) is 13.1 Å². The average Bonchev–Trinajstić information content (AvgIpc) is 2.39. The number of hydrogen-bond donors (Lipinski definition) is 3. The molecule has 0 aliphatic rings. The lowest BCUT2D eigenvalue weighted by Crippen LogP contribution is -2.29. The van der Waals surface area contributed by atoms with Gasteiger partial charge in [-0.3, -0.25) is 0 Å². The van der Waals surface area contributed by atoms with Crippen molar-refractivity contribution in [2.45, 2.75) is 90.1 Å². The molecule has 0 rings (SSSR count). The van der Waals surface area contributed by atoms with E-state index >= 15 is 0 Å². The highest BCUT2D eigenvalue weighted by atomic mass is 14.8. The van der Waals surface area contributed by atoms with E-state index in [1.54, 1.807) is 0 Å². The van der Waals surface area contributed by atoms with Crippen molar-refractivity contribution in [3.8, 4) is 0 Å². The van der Waals surface area contributed by atoms with E-state index in [1.807, 2.05) is 0 Å². The van der Waals surface area contributed by atoms with Gasteiger partial charge in [0, 0.05) is 0 Å². The van der Waals surface area contributed by atoms with Gasteiger partial charge in [0.2, 0.25) is 0 Å². The minimum atomic E-state index is -0.112. The summed E-state index contributed by atoms with van der Waals surface area (Å²) in [6.45, 7) is 4.66. The number of nitrogens with two attached hydrogens (primary N) is 2. The molecule has 0 saturated carbocycles. The Bertz CT molecular complexity index is 160. The molecule has 116 valence electrons. The van der Waals surface area contributed by atoms with E-state index in [4.69, 9.17) is 11.5 Å². The summed E-state index contributed by atoms with van der Waals surface area (Å²) >= 11 is 0. The Morgan fingerprint density at radius 3 is 1.68 bits per heavy atom. The van der Waals surface area contributed by atoms with Crippen molar-refractivity contribution in [3.05, 3.63) is 0 Å². The van der Waals surface area contributed by atoms with Crippen molar-refractivity contribution < 1.29 is 0 Å². The third-order valence-electron chi connectivity index (χ3n) is 3.60. The van der Waals surface area contributed by atoms with E-state index < -0.39 is 0 Å². The summed E-state index contributed by atoms with van der Waals surface area (Å²) in [7, 11) is 0. The summed E-state index contributed by atoms with van der Waals surface area (Å²) in [5, 5.41) is 3.55. The largest absolute Gasteiger partial charge is 0.317 e. The van der Waals surface area contributed by atoms with Crippen LogP contribution in [-0.2, 0) is 0 Å². The number of rotatable bonds is 15. The maximum absolute atomic E-state index is 5.51. The predicted octanol–water partition coefficient (Wildman–Crippen LogP) is 3.52. The highest BCUT2D eigenvalue weighted by Gasteiger charge is 1.95. The van der Waals surface area contributed by atoms with Crippen LogP contribution in [0.15, 0.2) is 0 Å². The summed E-state index contributed by atoms with van der Waals surface area (Å²) in [5.41, 5.74) is 11.0. The molecule has 0 heterocycles. The van der Waals surface area contributed by atoms with Gasteiger partial charge in [0.15, 0.2) is 0 Å². The van der Waals surface area contributed by atoms with Gasteiger partial charge in [-0.05, 0) is 32.4 Å². The quantitative estimate of drug-likeness (QED) is 0.315. The third kappa shape index (κ3) is 17.9. The van der Waals surface area contributed by atoms with Gasteiger partial charge in [-0.15, -0.1) is 0 Å². The Kier molecular flexibility index (Phi) is 15.8. The minimum Gasteiger partial charge on any atom is -0.317 e. The summed E-state index contributed by atoms with van der Waals surface area (Å²) in [5.74, 6) is 0. The van der Waals surface area contributed by atoms with Crippen LogP contribution in [0, 0.1) is 0 Å².